The largest absolute Gasteiger partial charge is 0.462 e. The fourth-order valence-electron chi connectivity index (χ4n) is 3.26. The summed E-state index contributed by atoms with van der Waals surface area (Å²) in [7, 11) is 3.34. The van der Waals surface area contributed by atoms with E-state index in [0.717, 1.165) is 16.0 Å². The van der Waals surface area contributed by atoms with Crippen LogP contribution < -0.4 is 11.0 Å². The zero-order chi connectivity index (χ0) is 22.9. The number of amides is 1. The highest BCUT2D eigenvalue weighted by Gasteiger charge is 2.23. The minimum absolute atomic E-state index is 0.126. The normalized spacial score (nSPS) is 11.4. The van der Waals surface area contributed by atoms with Gasteiger partial charge in [-0.25, -0.2) is 9.59 Å². The van der Waals surface area contributed by atoms with Gasteiger partial charge in [0.2, 0.25) is 0 Å². The minimum atomic E-state index is -0.628. The quantitative estimate of drug-likeness (QED) is 0.374. The SMILES string of the molecule is CCOC(=O)c1c(NC(=O)/C(C#N)=C/c2ccc3c(c2)n(C)c(=O)n3C)sc(C)c1C. The molecule has 3 rings (SSSR count). The van der Waals surface area contributed by atoms with Crippen molar-refractivity contribution < 1.29 is 14.3 Å². The van der Waals surface area contributed by atoms with Crippen molar-refractivity contribution in [3.8, 4) is 6.07 Å². The number of anilines is 1. The maximum absolute atomic E-state index is 12.8. The molecule has 0 saturated heterocycles. The molecule has 0 bridgehead atoms. The third-order valence-corrected chi connectivity index (χ3v) is 6.19. The van der Waals surface area contributed by atoms with Crippen LogP contribution in [-0.4, -0.2) is 27.6 Å². The van der Waals surface area contributed by atoms with Crippen LogP contribution >= 0.6 is 11.3 Å². The van der Waals surface area contributed by atoms with Crippen molar-refractivity contribution >= 4 is 45.3 Å². The number of carbonyl (C=O) groups is 2. The van der Waals surface area contributed by atoms with Gasteiger partial charge in [-0.05, 0) is 50.1 Å². The van der Waals surface area contributed by atoms with Gasteiger partial charge in [-0.2, -0.15) is 5.26 Å². The molecule has 2 heterocycles. The summed E-state index contributed by atoms with van der Waals surface area (Å²) in [6.07, 6.45) is 1.45. The van der Waals surface area contributed by atoms with Gasteiger partial charge < -0.3 is 10.1 Å². The molecule has 0 radical (unpaired) electrons. The van der Waals surface area contributed by atoms with Gasteiger partial charge >= 0.3 is 11.7 Å². The molecule has 3 aromatic rings. The predicted molar refractivity (Wildman–Crippen MR) is 120 cm³/mol. The highest BCUT2D eigenvalue weighted by atomic mass is 32.1. The highest BCUT2D eigenvalue weighted by Crippen LogP contribution is 2.33. The van der Waals surface area contributed by atoms with E-state index in [-0.39, 0.29) is 17.9 Å². The smallest absolute Gasteiger partial charge is 0.341 e. The highest BCUT2D eigenvalue weighted by molar-refractivity contribution is 7.16. The molecule has 31 heavy (non-hydrogen) atoms. The third-order valence-electron chi connectivity index (χ3n) is 5.06. The topological polar surface area (TPSA) is 106 Å². The molecule has 0 aliphatic carbocycles. The monoisotopic (exact) mass is 438 g/mol. The first-order valence-corrected chi connectivity index (χ1v) is 10.4. The Morgan fingerprint density at radius 2 is 1.90 bits per heavy atom. The zero-order valence-electron chi connectivity index (χ0n) is 17.9. The maximum Gasteiger partial charge on any atom is 0.341 e. The molecular weight excluding hydrogens is 416 g/mol. The van der Waals surface area contributed by atoms with Crippen molar-refractivity contribution in [3.63, 3.8) is 0 Å². The second-order valence-corrected chi connectivity index (χ2v) is 8.21. The van der Waals surface area contributed by atoms with E-state index in [9.17, 15) is 19.6 Å². The molecule has 0 aliphatic heterocycles. The second kappa shape index (κ2) is 8.62. The van der Waals surface area contributed by atoms with Gasteiger partial charge in [-0.15, -0.1) is 11.3 Å². The molecule has 0 spiro atoms. The number of carbonyl (C=O) groups excluding carboxylic acids is 2. The minimum Gasteiger partial charge on any atom is -0.462 e. The molecule has 0 fully saturated rings. The van der Waals surface area contributed by atoms with Crippen molar-refractivity contribution in [2.45, 2.75) is 20.8 Å². The summed E-state index contributed by atoms with van der Waals surface area (Å²) >= 11 is 1.26. The second-order valence-electron chi connectivity index (χ2n) is 6.98. The first kappa shape index (κ1) is 22.1. The molecule has 0 atom stereocenters. The number of benzene rings is 1. The van der Waals surface area contributed by atoms with Crippen LogP contribution in [-0.2, 0) is 23.6 Å². The summed E-state index contributed by atoms with van der Waals surface area (Å²) < 4.78 is 8.13. The van der Waals surface area contributed by atoms with Gasteiger partial charge in [0.25, 0.3) is 5.91 Å². The van der Waals surface area contributed by atoms with Crippen LogP contribution in [0.2, 0.25) is 0 Å². The lowest BCUT2D eigenvalue weighted by molar-refractivity contribution is -0.112. The number of esters is 1. The number of imidazole rings is 1. The Hall–Kier alpha value is -3.64. The predicted octanol–water partition coefficient (Wildman–Crippen LogP) is 3.28. The molecule has 0 aliphatic rings. The van der Waals surface area contributed by atoms with Gasteiger partial charge in [-0.3, -0.25) is 13.9 Å². The van der Waals surface area contributed by atoms with Gasteiger partial charge in [0.15, 0.2) is 0 Å². The Balaban J connectivity index is 1.96. The van der Waals surface area contributed by atoms with E-state index < -0.39 is 11.9 Å². The van der Waals surface area contributed by atoms with E-state index in [2.05, 4.69) is 5.32 Å². The lowest BCUT2D eigenvalue weighted by atomic mass is 10.1. The first-order valence-electron chi connectivity index (χ1n) is 9.55. The standard InChI is InChI=1S/C22H22N4O4S/c1-6-30-21(28)18-12(2)13(3)31-20(18)24-19(27)15(11-23)9-14-7-8-16-17(10-14)26(5)22(29)25(16)4/h7-10H,6H2,1-5H3,(H,24,27)/b15-9+. The van der Waals surface area contributed by atoms with Crippen LogP contribution in [0.5, 0.6) is 0 Å². The number of nitriles is 1. The average molecular weight is 439 g/mol. The van der Waals surface area contributed by atoms with E-state index in [1.807, 2.05) is 13.0 Å². The Kier molecular flexibility index (Phi) is 6.13. The number of aryl methyl sites for hydroxylation is 3. The van der Waals surface area contributed by atoms with Crippen molar-refractivity contribution in [3.05, 3.63) is 55.8 Å². The molecule has 0 unspecified atom stereocenters. The molecule has 8 nitrogen and oxygen atoms in total. The van der Waals surface area contributed by atoms with Crippen LogP contribution in [0.3, 0.4) is 0 Å². The van der Waals surface area contributed by atoms with Gasteiger partial charge in [0.1, 0.15) is 16.6 Å². The Labute approximate surface area is 183 Å². The number of aromatic nitrogens is 2. The van der Waals surface area contributed by atoms with Crippen LogP contribution in [0.1, 0.15) is 33.3 Å². The number of thiophene rings is 1. The molecule has 1 N–H and O–H groups in total. The Morgan fingerprint density at radius 3 is 2.55 bits per heavy atom. The third kappa shape index (κ3) is 4.02. The molecule has 1 amide bonds. The number of nitrogens with one attached hydrogen (secondary N) is 1. The van der Waals surface area contributed by atoms with Crippen molar-refractivity contribution in [1.29, 1.82) is 5.26 Å². The van der Waals surface area contributed by atoms with Crippen molar-refractivity contribution in [2.75, 3.05) is 11.9 Å². The molecule has 160 valence electrons. The molecule has 1 aromatic carbocycles. The number of hydrogen-bond acceptors (Lipinski definition) is 6. The van der Waals surface area contributed by atoms with Gasteiger partial charge in [0, 0.05) is 19.0 Å². The summed E-state index contributed by atoms with van der Waals surface area (Å²) in [4.78, 5) is 38.1. The van der Waals surface area contributed by atoms with Crippen LogP contribution in [0.15, 0.2) is 28.6 Å². The number of hydrogen-bond donors (Lipinski definition) is 1. The number of fused-ring (bicyclic) bond motifs is 1. The van der Waals surface area contributed by atoms with E-state index >= 15 is 0 Å². The molecule has 9 heteroatoms. The molecule has 0 saturated carbocycles. The zero-order valence-corrected chi connectivity index (χ0v) is 18.7. The lowest BCUT2D eigenvalue weighted by Gasteiger charge is -2.07. The lowest BCUT2D eigenvalue weighted by Crippen LogP contribution is -2.19. The average Bonchev–Trinajstić information content (AvgIpc) is 3.13. The summed E-state index contributed by atoms with van der Waals surface area (Å²) in [6.45, 7) is 5.56. The fourth-order valence-corrected chi connectivity index (χ4v) is 4.31. The van der Waals surface area contributed by atoms with Crippen LogP contribution in [0.4, 0.5) is 5.00 Å². The van der Waals surface area contributed by atoms with Gasteiger partial charge in [0.05, 0.1) is 23.2 Å². The number of nitrogens with zero attached hydrogens (tertiary/aromatic N) is 3. The van der Waals surface area contributed by atoms with Crippen LogP contribution in [0, 0.1) is 25.2 Å². The summed E-state index contributed by atoms with van der Waals surface area (Å²) in [5, 5.41) is 12.6. The maximum atomic E-state index is 12.8. The Bertz CT molecular complexity index is 1330. The number of rotatable bonds is 5. The van der Waals surface area contributed by atoms with E-state index in [0.29, 0.717) is 21.6 Å². The summed E-state index contributed by atoms with van der Waals surface area (Å²) in [6, 6.07) is 7.15. The first-order chi connectivity index (χ1) is 14.7. The Morgan fingerprint density at radius 1 is 1.23 bits per heavy atom. The molecule has 2 aromatic heterocycles. The van der Waals surface area contributed by atoms with Crippen molar-refractivity contribution in [1.82, 2.24) is 9.13 Å². The van der Waals surface area contributed by atoms with Gasteiger partial charge in [-0.1, -0.05) is 6.07 Å². The van der Waals surface area contributed by atoms with Crippen LogP contribution in [0.25, 0.3) is 17.1 Å². The van der Waals surface area contributed by atoms with Crippen molar-refractivity contribution in [2.24, 2.45) is 14.1 Å². The summed E-state index contributed by atoms with van der Waals surface area (Å²) in [5.74, 6) is -1.14. The molecular formula is C22H22N4O4S. The number of ether oxygens (including phenoxy) is 1. The van der Waals surface area contributed by atoms with E-state index in [1.165, 1.54) is 26.5 Å². The van der Waals surface area contributed by atoms with E-state index in [1.54, 1.807) is 46.1 Å². The fraction of sp³-hybridized carbons (Fsp3) is 0.273. The summed E-state index contributed by atoms with van der Waals surface area (Å²) in [5.41, 5.74) is 2.78. The van der Waals surface area contributed by atoms with E-state index in [4.69, 9.17) is 4.74 Å².